The van der Waals surface area contributed by atoms with Gasteiger partial charge in [0.05, 0.1) is 6.42 Å². The Morgan fingerprint density at radius 3 is 2.35 bits per heavy atom. The van der Waals surface area contributed by atoms with Crippen molar-refractivity contribution in [2.24, 2.45) is 0 Å². The lowest BCUT2D eigenvalue weighted by molar-refractivity contribution is -0.121. The van der Waals surface area contributed by atoms with Crippen LogP contribution in [0.5, 0.6) is 0 Å². The maximum Gasteiger partial charge on any atom is 0.224 e. The van der Waals surface area contributed by atoms with Crippen LogP contribution in [0.25, 0.3) is 0 Å². The predicted octanol–water partition coefficient (Wildman–Crippen LogP) is 2.49. The van der Waals surface area contributed by atoms with Gasteiger partial charge in [-0.2, -0.15) is 0 Å². The maximum atomic E-state index is 12.1. The molecule has 0 bridgehead atoms. The van der Waals surface area contributed by atoms with Crippen LogP contribution >= 0.6 is 0 Å². The number of carbonyl (C=O) groups is 1. The van der Waals surface area contributed by atoms with Gasteiger partial charge in [0.25, 0.3) is 0 Å². The molecule has 1 amide bonds. The molecule has 2 N–H and O–H groups in total. The van der Waals surface area contributed by atoms with Crippen molar-refractivity contribution < 1.29 is 4.79 Å². The fraction of sp³-hybridized carbons (Fsp3) is 0.588. The van der Waals surface area contributed by atoms with Gasteiger partial charge in [0, 0.05) is 12.1 Å². The summed E-state index contributed by atoms with van der Waals surface area (Å²) in [7, 11) is 2.02. The van der Waals surface area contributed by atoms with Crippen LogP contribution in [-0.2, 0) is 11.2 Å². The number of nitrogens with one attached hydrogen (secondary N) is 2. The van der Waals surface area contributed by atoms with Gasteiger partial charge in [-0.05, 0) is 63.3 Å². The minimum atomic E-state index is 0.154. The van der Waals surface area contributed by atoms with E-state index in [0.717, 1.165) is 31.2 Å². The molecular formula is C17H26N2O. The molecule has 0 aromatic heterocycles. The van der Waals surface area contributed by atoms with Gasteiger partial charge in [-0.1, -0.05) is 18.2 Å². The SMILES string of the molecule is CNC1CCC(NC(=O)Cc2ccc(C)c(C)c2)CC1. The van der Waals surface area contributed by atoms with Crippen LogP contribution in [0.1, 0.15) is 42.4 Å². The summed E-state index contributed by atoms with van der Waals surface area (Å²) in [5.41, 5.74) is 3.64. The molecule has 110 valence electrons. The minimum absolute atomic E-state index is 0.154. The van der Waals surface area contributed by atoms with Crippen LogP contribution < -0.4 is 10.6 Å². The standard InChI is InChI=1S/C17H26N2O/c1-12-4-5-14(10-13(12)2)11-17(20)19-16-8-6-15(18-3)7-9-16/h4-5,10,15-16,18H,6-9,11H2,1-3H3,(H,19,20). The summed E-state index contributed by atoms with van der Waals surface area (Å²) >= 11 is 0. The monoisotopic (exact) mass is 274 g/mol. The first-order valence-corrected chi connectivity index (χ1v) is 7.61. The normalized spacial score (nSPS) is 22.6. The van der Waals surface area contributed by atoms with Crippen molar-refractivity contribution in [2.45, 2.75) is 58.0 Å². The van der Waals surface area contributed by atoms with Crippen molar-refractivity contribution >= 4 is 5.91 Å². The first kappa shape index (κ1) is 15.0. The van der Waals surface area contributed by atoms with E-state index in [1.165, 1.54) is 11.1 Å². The molecule has 2 rings (SSSR count). The summed E-state index contributed by atoms with van der Waals surface area (Å²) in [6, 6.07) is 7.25. The van der Waals surface area contributed by atoms with Crippen LogP contribution in [0.2, 0.25) is 0 Å². The van der Waals surface area contributed by atoms with Crippen LogP contribution in [0, 0.1) is 13.8 Å². The molecule has 0 aliphatic heterocycles. The van der Waals surface area contributed by atoms with E-state index in [2.05, 4.69) is 42.7 Å². The molecule has 1 aliphatic rings. The second kappa shape index (κ2) is 6.89. The van der Waals surface area contributed by atoms with E-state index in [0.29, 0.717) is 18.5 Å². The lowest BCUT2D eigenvalue weighted by Crippen LogP contribution is -2.41. The van der Waals surface area contributed by atoms with E-state index in [1.54, 1.807) is 0 Å². The van der Waals surface area contributed by atoms with E-state index in [-0.39, 0.29) is 5.91 Å². The molecule has 0 radical (unpaired) electrons. The predicted molar refractivity (Wildman–Crippen MR) is 82.9 cm³/mol. The van der Waals surface area contributed by atoms with Crippen LogP contribution in [-0.4, -0.2) is 25.0 Å². The van der Waals surface area contributed by atoms with E-state index < -0.39 is 0 Å². The Balaban J connectivity index is 1.82. The van der Waals surface area contributed by atoms with E-state index in [1.807, 2.05) is 7.05 Å². The summed E-state index contributed by atoms with van der Waals surface area (Å²) in [5.74, 6) is 0.154. The van der Waals surface area contributed by atoms with Gasteiger partial charge >= 0.3 is 0 Å². The van der Waals surface area contributed by atoms with Gasteiger partial charge in [0.2, 0.25) is 5.91 Å². The lowest BCUT2D eigenvalue weighted by Gasteiger charge is -2.28. The highest BCUT2D eigenvalue weighted by molar-refractivity contribution is 5.78. The van der Waals surface area contributed by atoms with E-state index >= 15 is 0 Å². The van der Waals surface area contributed by atoms with Crippen molar-refractivity contribution in [1.29, 1.82) is 0 Å². The molecule has 3 nitrogen and oxygen atoms in total. The fourth-order valence-corrected chi connectivity index (χ4v) is 2.90. The Hall–Kier alpha value is -1.35. The number of aryl methyl sites for hydroxylation is 2. The average Bonchev–Trinajstić information content (AvgIpc) is 2.44. The Kier molecular flexibility index (Phi) is 5.18. The van der Waals surface area contributed by atoms with Crippen LogP contribution in [0.4, 0.5) is 0 Å². The molecule has 0 saturated heterocycles. The smallest absolute Gasteiger partial charge is 0.224 e. The highest BCUT2D eigenvalue weighted by Gasteiger charge is 2.21. The summed E-state index contributed by atoms with van der Waals surface area (Å²) in [6.07, 6.45) is 4.98. The maximum absolute atomic E-state index is 12.1. The zero-order valence-corrected chi connectivity index (χ0v) is 12.8. The Morgan fingerprint density at radius 2 is 1.75 bits per heavy atom. The van der Waals surface area contributed by atoms with Crippen molar-refractivity contribution in [1.82, 2.24) is 10.6 Å². The topological polar surface area (TPSA) is 41.1 Å². The highest BCUT2D eigenvalue weighted by Crippen LogP contribution is 2.18. The Bertz CT molecular complexity index is 462. The number of rotatable bonds is 4. The van der Waals surface area contributed by atoms with Crippen LogP contribution in [0.15, 0.2) is 18.2 Å². The number of benzene rings is 1. The molecule has 1 saturated carbocycles. The summed E-state index contributed by atoms with van der Waals surface area (Å²) in [4.78, 5) is 12.1. The van der Waals surface area contributed by atoms with Crippen molar-refractivity contribution in [3.8, 4) is 0 Å². The molecule has 20 heavy (non-hydrogen) atoms. The number of hydrogen-bond donors (Lipinski definition) is 2. The van der Waals surface area contributed by atoms with Gasteiger partial charge in [0.15, 0.2) is 0 Å². The Morgan fingerprint density at radius 1 is 1.10 bits per heavy atom. The lowest BCUT2D eigenvalue weighted by atomic mass is 9.91. The average molecular weight is 274 g/mol. The van der Waals surface area contributed by atoms with Gasteiger partial charge in [-0.3, -0.25) is 4.79 Å². The fourth-order valence-electron chi connectivity index (χ4n) is 2.90. The Labute approximate surface area is 122 Å². The molecule has 0 spiro atoms. The van der Waals surface area contributed by atoms with Gasteiger partial charge in [-0.25, -0.2) is 0 Å². The van der Waals surface area contributed by atoms with E-state index in [9.17, 15) is 4.79 Å². The molecule has 1 aromatic rings. The molecule has 1 aromatic carbocycles. The third-order valence-corrected chi connectivity index (χ3v) is 4.44. The molecule has 0 unspecified atom stereocenters. The van der Waals surface area contributed by atoms with Gasteiger partial charge < -0.3 is 10.6 Å². The second-order valence-electron chi connectivity index (χ2n) is 6.00. The largest absolute Gasteiger partial charge is 0.353 e. The van der Waals surface area contributed by atoms with Gasteiger partial charge in [0.1, 0.15) is 0 Å². The zero-order valence-electron chi connectivity index (χ0n) is 12.8. The van der Waals surface area contributed by atoms with E-state index in [4.69, 9.17) is 0 Å². The summed E-state index contributed by atoms with van der Waals surface area (Å²) in [5, 5.41) is 6.50. The molecule has 0 atom stereocenters. The number of hydrogen-bond acceptors (Lipinski definition) is 2. The van der Waals surface area contributed by atoms with Gasteiger partial charge in [-0.15, -0.1) is 0 Å². The zero-order chi connectivity index (χ0) is 14.5. The van der Waals surface area contributed by atoms with Crippen molar-refractivity contribution in [3.05, 3.63) is 34.9 Å². The van der Waals surface area contributed by atoms with Crippen molar-refractivity contribution in [3.63, 3.8) is 0 Å². The molecular weight excluding hydrogens is 248 g/mol. The molecule has 1 aliphatic carbocycles. The third-order valence-electron chi connectivity index (χ3n) is 4.44. The summed E-state index contributed by atoms with van der Waals surface area (Å²) in [6.45, 7) is 4.19. The van der Waals surface area contributed by atoms with Crippen molar-refractivity contribution in [2.75, 3.05) is 7.05 Å². The second-order valence-corrected chi connectivity index (χ2v) is 6.00. The summed E-state index contributed by atoms with van der Waals surface area (Å²) < 4.78 is 0. The third kappa shape index (κ3) is 4.07. The first-order chi connectivity index (χ1) is 9.58. The molecule has 1 fully saturated rings. The minimum Gasteiger partial charge on any atom is -0.353 e. The number of amides is 1. The molecule has 0 heterocycles. The quantitative estimate of drug-likeness (QED) is 0.885. The highest BCUT2D eigenvalue weighted by atomic mass is 16.1. The number of carbonyl (C=O) groups excluding carboxylic acids is 1. The van der Waals surface area contributed by atoms with Crippen LogP contribution in [0.3, 0.4) is 0 Å². The molecule has 3 heteroatoms. The first-order valence-electron chi connectivity index (χ1n) is 7.61.